The molecule has 2 aromatic heterocycles. The lowest BCUT2D eigenvalue weighted by molar-refractivity contribution is -0.153. The Hall–Kier alpha value is -3.84. The molecule has 5 heterocycles. The van der Waals surface area contributed by atoms with Gasteiger partial charge in [0.05, 0.1) is 23.8 Å². The van der Waals surface area contributed by atoms with Gasteiger partial charge in [0.15, 0.2) is 5.41 Å². The predicted octanol–water partition coefficient (Wildman–Crippen LogP) is 0.906. The van der Waals surface area contributed by atoms with E-state index in [1.54, 1.807) is 36.2 Å². The van der Waals surface area contributed by atoms with Gasteiger partial charge in [-0.3, -0.25) is 20.2 Å². The lowest BCUT2D eigenvalue weighted by Crippen LogP contribution is -2.75. The molecule has 33 heavy (non-hydrogen) atoms. The molecular weight excluding hydrogens is 429 g/mol. The van der Waals surface area contributed by atoms with Crippen LogP contribution in [0.2, 0.25) is 0 Å². The van der Waals surface area contributed by atoms with E-state index in [1.807, 2.05) is 6.92 Å². The smallest absolute Gasteiger partial charge is 0.328 e. The predicted molar refractivity (Wildman–Crippen MR) is 113 cm³/mol. The lowest BCUT2D eigenvalue weighted by Gasteiger charge is -2.54. The van der Waals surface area contributed by atoms with Gasteiger partial charge in [0, 0.05) is 19.2 Å². The van der Waals surface area contributed by atoms with Crippen molar-refractivity contribution >= 4 is 23.7 Å². The molecule has 3 aliphatic rings. The van der Waals surface area contributed by atoms with Crippen LogP contribution in [0.25, 0.3) is 0 Å². The van der Waals surface area contributed by atoms with Gasteiger partial charge < -0.3 is 9.64 Å². The van der Waals surface area contributed by atoms with Crippen molar-refractivity contribution in [3.05, 3.63) is 53.2 Å². The van der Waals surface area contributed by atoms with E-state index in [0.29, 0.717) is 23.6 Å². The van der Waals surface area contributed by atoms with Crippen LogP contribution in [0.3, 0.4) is 0 Å². The van der Waals surface area contributed by atoms with Gasteiger partial charge in [-0.2, -0.15) is 4.39 Å². The summed E-state index contributed by atoms with van der Waals surface area (Å²) >= 11 is 0. The van der Waals surface area contributed by atoms with E-state index in [1.165, 1.54) is 6.07 Å². The summed E-state index contributed by atoms with van der Waals surface area (Å²) in [5.41, 5.74) is -0.674. The normalized spacial score (nSPS) is 25.4. The minimum Gasteiger partial charge on any atom is -0.372 e. The largest absolute Gasteiger partial charge is 0.372 e. The average molecular weight is 449 g/mol. The van der Waals surface area contributed by atoms with Gasteiger partial charge in [0.1, 0.15) is 11.5 Å². The number of pyridine rings is 2. The number of fused-ring (bicyclic) bond motifs is 4. The summed E-state index contributed by atoms with van der Waals surface area (Å²) in [7, 11) is 0. The van der Waals surface area contributed by atoms with Crippen molar-refractivity contribution in [1.29, 1.82) is 0 Å². The fourth-order valence-electron chi connectivity index (χ4n) is 4.97. The molecule has 5 rings (SSSR count). The number of aromatic nitrogens is 2. The number of morpholine rings is 1. The first kappa shape index (κ1) is 21.0. The maximum absolute atomic E-state index is 15.0. The van der Waals surface area contributed by atoms with E-state index >= 15 is 0 Å². The third-order valence-corrected chi connectivity index (χ3v) is 6.21. The molecule has 0 aliphatic carbocycles. The zero-order valence-corrected chi connectivity index (χ0v) is 17.9. The molecule has 10 heteroatoms. The van der Waals surface area contributed by atoms with E-state index in [4.69, 9.17) is 4.74 Å². The van der Waals surface area contributed by atoms with Crippen molar-refractivity contribution in [3.63, 3.8) is 0 Å². The molecule has 3 aliphatic heterocycles. The van der Waals surface area contributed by atoms with Crippen LogP contribution in [0, 0.1) is 23.2 Å². The van der Waals surface area contributed by atoms with Crippen molar-refractivity contribution in [2.24, 2.45) is 5.41 Å². The summed E-state index contributed by atoms with van der Waals surface area (Å²) in [6.07, 6.45) is 0.698. The molecule has 0 saturated carbocycles. The first-order chi connectivity index (χ1) is 15.8. The Balaban J connectivity index is 1.65. The fraction of sp³-hybridized carbons (Fsp3) is 0.348. The molecule has 168 valence electrons. The van der Waals surface area contributed by atoms with Crippen molar-refractivity contribution in [2.75, 3.05) is 11.4 Å². The quantitative estimate of drug-likeness (QED) is 0.349. The first-order valence-electron chi connectivity index (χ1n) is 10.5. The number of nitrogens with one attached hydrogen (secondary N) is 2. The molecule has 4 amide bonds. The molecule has 0 aromatic carbocycles. The average Bonchev–Trinajstić information content (AvgIpc) is 2.76. The van der Waals surface area contributed by atoms with E-state index in [-0.39, 0.29) is 18.1 Å². The Morgan fingerprint density at radius 2 is 1.94 bits per heavy atom. The number of anilines is 1. The number of hydrogen-bond donors (Lipinski definition) is 2. The number of hydrogen-bond acceptors (Lipinski definition) is 7. The minimum atomic E-state index is -1.65. The summed E-state index contributed by atoms with van der Waals surface area (Å²) in [6, 6.07) is 5.08. The zero-order valence-electron chi connectivity index (χ0n) is 17.9. The second-order valence-electron chi connectivity index (χ2n) is 8.41. The van der Waals surface area contributed by atoms with Crippen LogP contribution in [0.1, 0.15) is 30.7 Å². The number of rotatable bonds is 0. The molecule has 0 unspecified atom stereocenters. The van der Waals surface area contributed by atoms with Crippen LogP contribution in [0.15, 0.2) is 30.5 Å². The highest BCUT2D eigenvalue weighted by Crippen LogP contribution is 2.46. The Labute approximate surface area is 188 Å². The van der Waals surface area contributed by atoms with Gasteiger partial charge >= 0.3 is 6.03 Å². The van der Waals surface area contributed by atoms with E-state index in [0.717, 1.165) is 0 Å². The van der Waals surface area contributed by atoms with Gasteiger partial charge in [0.2, 0.25) is 17.8 Å². The van der Waals surface area contributed by atoms with Crippen LogP contribution in [-0.4, -0.2) is 52.6 Å². The third kappa shape index (κ3) is 3.32. The number of urea groups is 1. The maximum Gasteiger partial charge on any atom is 0.328 e. The van der Waals surface area contributed by atoms with Crippen LogP contribution >= 0.6 is 0 Å². The van der Waals surface area contributed by atoms with Gasteiger partial charge in [-0.15, -0.1) is 0 Å². The van der Waals surface area contributed by atoms with Gasteiger partial charge in [-0.25, -0.2) is 14.8 Å². The topological polar surface area (TPSA) is 114 Å². The van der Waals surface area contributed by atoms with Crippen molar-refractivity contribution in [3.8, 4) is 11.8 Å². The second kappa shape index (κ2) is 7.64. The Bertz CT molecular complexity index is 1220. The lowest BCUT2D eigenvalue weighted by atomic mass is 9.67. The fourth-order valence-corrected chi connectivity index (χ4v) is 4.97. The monoisotopic (exact) mass is 449 g/mol. The molecule has 0 bridgehead atoms. The molecule has 0 radical (unpaired) electrons. The number of carbonyl (C=O) groups excluding carboxylic acids is 3. The molecule has 2 aromatic rings. The molecule has 1 spiro atoms. The van der Waals surface area contributed by atoms with E-state index < -0.39 is 41.4 Å². The number of carbonyl (C=O) groups is 3. The van der Waals surface area contributed by atoms with Crippen LogP contribution in [0.5, 0.6) is 0 Å². The number of amides is 4. The summed E-state index contributed by atoms with van der Waals surface area (Å²) in [5, 5.41) is 4.43. The molecule has 2 saturated heterocycles. The van der Waals surface area contributed by atoms with Crippen LogP contribution < -0.4 is 15.5 Å². The third-order valence-electron chi connectivity index (χ3n) is 6.21. The Kier molecular flexibility index (Phi) is 4.87. The maximum atomic E-state index is 15.0. The summed E-state index contributed by atoms with van der Waals surface area (Å²) in [6.45, 7) is 3.89. The van der Waals surface area contributed by atoms with Crippen molar-refractivity contribution in [2.45, 2.75) is 38.5 Å². The summed E-state index contributed by atoms with van der Waals surface area (Å²) in [4.78, 5) is 48.1. The van der Waals surface area contributed by atoms with Gasteiger partial charge in [0.25, 0.3) is 0 Å². The summed E-state index contributed by atoms with van der Waals surface area (Å²) < 4.78 is 20.9. The Morgan fingerprint density at radius 1 is 1.18 bits per heavy atom. The molecule has 2 N–H and O–H groups in total. The Morgan fingerprint density at radius 3 is 2.64 bits per heavy atom. The standard InChI is InChI=1S/C23H20FN5O4/c1-12-11-29-17(13(2)33-12)23(20(30)27-22(32)28-21(23)31)10-15-9-14(18(24)26-19(15)29)6-7-16-5-3-4-8-25-16/h3-5,8-9,12-13,17H,10-11H2,1-2H3,(H2,27,28,30,31,32)/t12-,13+,17-/m1/s1. The number of barbiturate groups is 1. The van der Waals surface area contributed by atoms with Gasteiger partial charge in [-0.1, -0.05) is 12.0 Å². The van der Waals surface area contributed by atoms with Crippen molar-refractivity contribution < 1.29 is 23.5 Å². The highest BCUT2D eigenvalue weighted by atomic mass is 19.1. The molecular formula is C23H20FN5O4. The molecule has 2 fully saturated rings. The van der Waals surface area contributed by atoms with Crippen molar-refractivity contribution in [1.82, 2.24) is 20.6 Å². The zero-order chi connectivity index (χ0) is 23.3. The first-order valence-corrected chi connectivity index (χ1v) is 10.5. The van der Waals surface area contributed by atoms with E-state index in [2.05, 4.69) is 32.4 Å². The second-order valence-corrected chi connectivity index (χ2v) is 8.41. The highest BCUT2D eigenvalue weighted by molar-refractivity contribution is 6.20. The number of imide groups is 2. The SMILES string of the molecule is C[C@@H]1CN2c3nc(F)c(C#Cc4ccccn4)cc3CC3(C(=O)NC(=O)NC3=O)[C@H]2[C@H](C)O1. The number of ether oxygens (including phenoxy) is 1. The summed E-state index contributed by atoms with van der Waals surface area (Å²) in [5.74, 6) is 3.69. The number of nitrogens with zero attached hydrogens (tertiary/aromatic N) is 3. The molecule has 3 atom stereocenters. The van der Waals surface area contributed by atoms with Crippen LogP contribution in [0.4, 0.5) is 15.0 Å². The van der Waals surface area contributed by atoms with Crippen LogP contribution in [-0.2, 0) is 20.7 Å². The minimum absolute atomic E-state index is 0.0232. The van der Waals surface area contributed by atoms with E-state index in [9.17, 15) is 18.8 Å². The van der Waals surface area contributed by atoms with Gasteiger partial charge in [-0.05, 0) is 43.5 Å². The highest BCUT2D eigenvalue weighted by Gasteiger charge is 2.63. The number of halogens is 1. The molecule has 9 nitrogen and oxygen atoms in total.